The highest BCUT2D eigenvalue weighted by Gasteiger charge is 2.24. The summed E-state index contributed by atoms with van der Waals surface area (Å²) in [5, 5.41) is 3.82. The summed E-state index contributed by atoms with van der Waals surface area (Å²) in [5.41, 5.74) is 2.77. The Hall–Kier alpha value is -1.81. The van der Waals surface area contributed by atoms with Crippen LogP contribution in [0, 0.1) is 0 Å². The predicted molar refractivity (Wildman–Crippen MR) is 82.5 cm³/mol. The zero-order valence-corrected chi connectivity index (χ0v) is 12.1. The van der Waals surface area contributed by atoms with E-state index < -0.39 is 0 Å². The monoisotopic (exact) mass is 288 g/mol. The van der Waals surface area contributed by atoms with Crippen molar-refractivity contribution in [3.63, 3.8) is 0 Å². The molecule has 3 rings (SSSR count). The van der Waals surface area contributed by atoms with E-state index in [1.54, 1.807) is 6.20 Å². The van der Waals surface area contributed by atoms with E-state index in [1.807, 2.05) is 0 Å². The fraction of sp³-hybridized carbons (Fsp3) is 0.333. The van der Waals surface area contributed by atoms with Crippen LogP contribution in [0.5, 0.6) is 0 Å². The minimum absolute atomic E-state index is 0.537. The molecule has 1 atom stereocenters. The molecule has 0 spiro atoms. The lowest BCUT2D eigenvalue weighted by molar-refractivity contribution is 0.680. The number of nitrogens with one attached hydrogen (secondary N) is 1. The number of hydrogen-bond acceptors (Lipinski definition) is 4. The Balaban J connectivity index is 1.63. The third kappa shape index (κ3) is 2.56. The van der Waals surface area contributed by atoms with Gasteiger partial charge in [0.2, 0.25) is 0 Å². The molecule has 2 aromatic rings. The summed E-state index contributed by atoms with van der Waals surface area (Å²) in [4.78, 5) is 10.4. The quantitative estimate of drug-likeness (QED) is 0.939. The van der Waals surface area contributed by atoms with Crippen LogP contribution >= 0.6 is 11.6 Å². The maximum Gasteiger partial charge on any atom is 0.148 e. The number of para-hydroxylation sites is 1. The molecule has 0 radical (unpaired) electrons. The van der Waals surface area contributed by atoms with Gasteiger partial charge in [-0.3, -0.25) is 0 Å². The van der Waals surface area contributed by atoms with E-state index in [1.165, 1.54) is 17.6 Å². The molecule has 5 heteroatoms. The van der Waals surface area contributed by atoms with E-state index in [0.29, 0.717) is 16.9 Å². The summed E-state index contributed by atoms with van der Waals surface area (Å²) in [6.45, 7) is 3.99. The van der Waals surface area contributed by atoms with Crippen molar-refractivity contribution in [2.24, 2.45) is 0 Å². The molecule has 0 fully saturated rings. The Bertz CT molecular complexity index is 602. The number of hydrogen-bond donors (Lipinski definition) is 1. The minimum atomic E-state index is 0.537. The molecule has 0 amide bonds. The maximum atomic E-state index is 6.03. The minimum Gasteiger partial charge on any atom is -0.367 e. The van der Waals surface area contributed by atoms with Crippen LogP contribution in [0.1, 0.15) is 12.5 Å². The Morgan fingerprint density at radius 1 is 1.40 bits per heavy atom. The Morgan fingerprint density at radius 2 is 2.25 bits per heavy atom. The molecule has 0 bridgehead atoms. The highest BCUT2D eigenvalue weighted by Crippen LogP contribution is 2.31. The van der Waals surface area contributed by atoms with E-state index in [-0.39, 0.29) is 0 Å². The second kappa shape index (κ2) is 5.67. The third-order valence-electron chi connectivity index (χ3n) is 3.66. The van der Waals surface area contributed by atoms with Crippen molar-refractivity contribution < 1.29 is 0 Å². The summed E-state index contributed by atoms with van der Waals surface area (Å²) in [5.74, 6) is 0.696. The number of anilines is 2. The topological polar surface area (TPSA) is 41.0 Å². The Kier molecular flexibility index (Phi) is 3.74. The van der Waals surface area contributed by atoms with Crippen molar-refractivity contribution >= 4 is 23.1 Å². The summed E-state index contributed by atoms with van der Waals surface area (Å²) >= 11 is 6.03. The van der Waals surface area contributed by atoms with Gasteiger partial charge >= 0.3 is 0 Å². The first-order valence-corrected chi connectivity index (χ1v) is 7.17. The van der Waals surface area contributed by atoms with Crippen LogP contribution in [-0.2, 0) is 6.42 Å². The summed E-state index contributed by atoms with van der Waals surface area (Å²) < 4.78 is 0. The average molecular weight is 289 g/mol. The van der Waals surface area contributed by atoms with Gasteiger partial charge in [0.1, 0.15) is 17.2 Å². The van der Waals surface area contributed by atoms with Gasteiger partial charge in [-0.15, -0.1) is 0 Å². The molecular formula is C15H17ClN4. The van der Waals surface area contributed by atoms with Crippen LogP contribution < -0.4 is 10.2 Å². The normalized spacial score (nSPS) is 17.1. The van der Waals surface area contributed by atoms with Gasteiger partial charge in [0, 0.05) is 24.8 Å². The van der Waals surface area contributed by atoms with Gasteiger partial charge in [-0.1, -0.05) is 29.8 Å². The lowest BCUT2D eigenvalue weighted by atomic mass is 10.1. The van der Waals surface area contributed by atoms with Crippen molar-refractivity contribution in [3.8, 4) is 0 Å². The fourth-order valence-corrected chi connectivity index (χ4v) is 2.88. The molecule has 1 aromatic heterocycles. The summed E-state index contributed by atoms with van der Waals surface area (Å²) in [6, 6.07) is 9.14. The molecule has 1 aromatic carbocycles. The van der Waals surface area contributed by atoms with Gasteiger partial charge in [0.05, 0.1) is 6.20 Å². The van der Waals surface area contributed by atoms with Crippen LogP contribution in [0.15, 0.2) is 36.8 Å². The molecule has 0 saturated carbocycles. The fourth-order valence-electron chi connectivity index (χ4n) is 2.71. The number of nitrogens with zero attached hydrogens (tertiary/aromatic N) is 3. The first-order valence-electron chi connectivity index (χ1n) is 6.79. The predicted octanol–water partition coefficient (Wildman–Crippen LogP) is 2.99. The standard InChI is InChI=1S/C15H17ClN4/c1-11-8-12-4-2-3-5-14(12)20(11)7-6-18-15-13(16)9-17-10-19-15/h2-5,9-11H,6-8H2,1H3,(H,17,18,19). The molecule has 1 aliphatic heterocycles. The highest BCUT2D eigenvalue weighted by atomic mass is 35.5. The first-order chi connectivity index (χ1) is 9.75. The average Bonchev–Trinajstić information content (AvgIpc) is 2.77. The van der Waals surface area contributed by atoms with E-state index in [4.69, 9.17) is 11.6 Å². The zero-order chi connectivity index (χ0) is 13.9. The van der Waals surface area contributed by atoms with Crippen molar-refractivity contribution in [2.45, 2.75) is 19.4 Å². The van der Waals surface area contributed by atoms with Crippen LogP contribution in [0.2, 0.25) is 5.02 Å². The molecule has 0 aliphatic carbocycles. The van der Waals surface area contributed by atoms with Crippen molar-refractivity contribution in [2.75, 3.05) is 23.3 Å². The molecular weight excluding hydrogens is 272 g/mol. The highest BCUT2D eigenvalue weighted by molar-refractivity contribution is 6.32. The number of rotatable bonds is 4. The van der Waals surface area contributed by atoms with Crippen LogP contribution in [-0.4, -0.2) is 29.1 Å². The summed E-state index contributed by atoms with van der Waals surface area (Å²) in [6.07, 6.45) is 4.22. The lowest BCUT2D eigenvalue weighted by Gasteiger charge is -2.25. The SMILES string of the molecule is CC1Cc2ccccc2N1CCNc1ncncc1Cl. The van der Waals surface area contributed by atoms with E-state index in [0.717, 1.165) is 19.5 Å². The lowest BCUT2D eigenvalue weighted by Crippen LogP contribution is -2.33. The maximum absolute atomic E-state index is 6.03. The number of fused-ring (bicyclic) bond motifs is 1. The molecule has 20 heavy (non-hydrogen) atoms. The van der Waals surface area contributed by atoms with Crippen LogP contribution in [0.3, 0.4) is 0 Å². The van der Waals surface area contributed by atoms with Gasteiger partial charge < -0.3 is 10.2 Å². The van der Waals surface area contributed by atoms with E-state index in [2.05, 4.69) is 51.4 Å². The summed E-state index contributed by atoms with van der Waals surface area (Å²) in [7, 11) is 0. The van der Waals surface area contributed by atoms with E-state index >= 15 is 0 Å². The second-order valence-corrected chi connectivity index (χ2v) is 5.43. The molecule has 1 unspecified atom stereocenters. The molecule has 4 nitrogen and oxygen atoms in total. The smallest absolute Gasteiger partial charge is 0.148 e. The molecule has 2 heterocycles. The van der Waals surface area contributed by atoms with Crippen molar-refractivity contribution in [1.82, 2.24) is 9.97 Å². The molecule has 0 saturated heterocycles. The van der Waals surface area contributed by atoms with Crippen LogP contribution in [0.25, 0.3) is 0 Å². The van der Waals surface area contributed by atoms with Gasteiger partial charge in [-0.2, -0.15) is 0 Å². The van der Waals surface area contributed by atoms with Gasteiger partial charge in [-0.25, -0.2) is 9.97 Å². The van der Waals surface area contributed by atoms with Crippen LogP contribution in [0.4, 0.5) is 11.5 Å². The van der Waals surface area contributed by atoms with Gasteiger partial charge in [0.15, 0.2) is 0 Å². The Labute approximate surface area is 123 Å². The first kappa shape index (κ1) is 13.2. The number of benzene rings is 1. The van der Waals surface area contributed by atoms with Gasteiger partial charge in [-0.05, 0) is 25.0 Å². The van der Waals surface area contributed by atoms with Gasteiger partial charge in [0.25, 0.3) is 0 Å². The number of aromatic nitrogens is 2. The number of halogens is 1. The van der Waals surface area contributed by atoms with E-state index in [9.17, 15) is 0 Å². The largest absolute Gasteiger partial charge is 0.367 e. The molecule has 1 N–H and O–H groups in total. The Morgan fingerprint density at radius 3 is 3.10 bits per heavy atom. The zero-order valence-electron chi connectivity index (χ0n) is 11.4. The van der Waals surface area contributed by atoms with Crippen molar-refractivity contribution in [1.29, 1.82) is 0 Å². The second-order valence-electron chi connectivity index (χ2n) is 5.02. The molecule has 104 valence electrons. The van der Waals surface area contributed by atoms with Crippen molar-refractivity contribution in [3.05, 3.63) is 47.4 Å². The third-order valence-corrected chi connectivity index (χ3v) is 3.94. The molecule has 1 aliphatic rings.